The van der Waals surface area contributed by atoms with Gasteiger partial charge in [0.05, 0.1) is 31.5 Å². The van der Waals surface area contributed by atoms with Crippen LogP contribution < -0.4 is 9.64 Å². The average Bonchev–Trinajstić information content (AvgIpc) is 3.14. The summed E-state index contributed by atoms with van der Waals surface area (Å²) in [7, 11) is 1.67. The van der Waals surface area contributed by atoms with E-state index in [1.165, 1.54) is 5.56 Å². The maximum atomic E-state index is 13.1. The van der Waals surface area contributed by atoms with Gasteiger partial charge in [0.1, 0.15) is 5.75 Å². The normalized spacial score (nSPS) is 40.5. The third-order valence-electron chi connectivity index (χ3n) is 7.39. The topological polar surface area (TPSA) is 48.0 Å². The highest BCUT2D eigenvalue weighted by molar-refractivity contribution is 6.00. The molecule has 0 aromatic heterocycles. The van der Waals surface area contributed by atoms with Crippen LogP contribution in [0.1, 0.15) is 39.2 Å². The van der Waals surface area contributed by atoms with Crippen molar-refractivity contribution < 1.29 is 19.0 Å². The van der Waals surface area contributed by atoms with Gasteiger partial charge in [-0.2, -0.15) is 0 Å². The number of rotatable bonds is 1. The van der Waals surface area contributed by atoms with Crippen molar-refractivity contribution in [2.24, 2.45) is 11.8 Å². The number of piperidine rings is 1. The number of nitrogens with zero attached hydrogens (tertiary/aromatic N) is 1. The lowest BCUT2D eigenvalue weighted by Gasteiger charge is -2.51. The van der Waals surface area contributed by atoms with Crippen molar-refractivity contribution in [1.82, 2.24) is 0 Å². The number of hydrogen-bond donors (Lipinski definition) is 0. The van der Waals surface area contributed by atoms with Gasteiger partial charge in [-0.3, -0.25) is 4.79 Å². The van der Waals surface area contributed by atoms with Crippen LogP contribution in [0.2, 0.25) is 0 Å². The summed E-state index contributed by atoms with van der Waals surface area (Å²) in [5.41, 5.74) is 1.66. The lowest BCUT2D eigenvalue weighted by atomic mass is 9.64. The Kier molecular flexibility index (Phi) is 2.86. The first-order valence-corrected chi connectivity index (χ1v) is 9.17. The first kappa shape index (κ1) is 15.6. The Balaban J connectivity index is 1.78. The quantitative estimate of drug-likeness (QED) is 0.787. The largest absolute Gasteiger partial charge is 0.497 e. The second kappa shape index (κ2) is 4.57. The average molecular weight is 343 g/mol. The molecule has 3 fully saturated rings. The smallest absolute Gasteiger partial charge is 0.227 e. The number of methoxy groups -OCH3 is 1. The van der Waals surface area contributed by atoms with Crippen molar-refractivity contribution in [2.75, 3.05) is 25.2 Å². The van der Waals surface area contributed by atoms with E-state index in [-0.39, 0.29) is 28.7 Å². The van der Waals surface area contributed by atoms with E-state index in [0.29, 0.717) is 19.6 Å². The molecule has 1 aliphatic carbocycles. The van der Waals surface area contributed by atoms with Crippen LogP contribution in [0.3, 0.4) is 0 Å². The zero-order valence-electron chi connectivity index (χ0n) is 15.3. The summed E-state index contributed by atoms with van der Waals surface area (Å²) >= 11 is 0. The van der Waals surface area contributed by atoms with Crippen LogP contribution in [0.5, 0.6) is 5.75 Å². The van der Waals surface area contributed by atoms with Crippen LogP contribution in [0.15, 0.2) is 18.2 Å². The van der Waals surface area contributed by atoms with Gasteiger partial charge in [-0.25, -0.2) is 0 Å². The Labute approximate surface area is 148 Å². The minimum atomic E-state index is -0.570. The lowest BCUT2D eigenvalue weighted by molar-refractivity contribution is -0.202. The van der Waals surface area contributed by atoms with E-state index in [1.807, 2.05) is 17.0 Å². The molecule has 4 atom stereocenters. The maximum absolute atomic E-state index is 13.1. The number of carbonyl (C=O) groups is 1. The molecule has 1 aromatic carbocycles. The minimum absolute atomic E-state index is 0.156. The molecule has 5 heteroatoms. The van der Waals surface area contributed by atoms with Crippen molar-refractivity contribution in [3.05, 3.63) is 23.8 Å². The molecule has 1 aromatic rings. The van der Waals surface area contributed by atoms with Crippen molar-refractivity contribution >= 4 is 11.6 Å². The van der Waals surface area contributed by atoms with Crippen molar-refractivity contribution in [2.45, 2.75) is 50.4 Å². The zero-order chi connectivity index (χ0) is 17.6. The van der Waals surface area contributed by atoms with Gasteiger partial charge < -0.3 is 19.1 Å². The van der Waals surface area contributed by atoms with Gasteiger partial charge >= 0.3 is 0 Å². The van der Waals surface area contributed by atoms with E-state index in [2.05, 4.69) is 26.8 Å². The SMILES string of the molecule is COc1ccc2c(c1)N1C(=O)C[C@H](C)[C@H]3C4(C[C@@]2(C)[C@]31C)OCCO4. The summed E-state index contributed by atoms with van der Waals surface area (Å²) in [6.45, 7) is 7.96. The van der Waals surface area contributed by atoms with Crippen LogP contribution in [0, 0.1) is 11.8 Å². The Morgan fingerprint density at radius 1 is 1.24 bits per heavy atom. The van der Waals surface area contributed by atoms with Gasteiger partial charge in [-0.15, -0.1) is 0 Å². The molecule has 2 saturated heterocycles. The summed E-state index contributed by atoms with van der Waals surface area (Å²) in [4.78, 5) is 15.2. The molecule has 25 heavy (non-hydrogen) atoms. The van der Waals surface area contributed by atoms with Crippen LogP contribution in [-0.2, 0) is 19.7 Å². The fraction of sp³-hybridized carbons (Fsp3) is 0.650. The van der Waals surface area contributed by atoms with Gasteiger partial charge in [0.15, 0.2) is 5.79 Å². The summed E-state index contributed by atoms with van der Waals surface area (Å²) in [5.74, 6) is 0.796. The van der Waals surface area contributed by atoms with Gasteiger partial charge in [-0.1, -0.05) is 19.9 Å². The number of ether oxygens (including phenoxy) is 3. The zero-order valence-corrected chi connectivity index (χ0v) is 15.3. The molecule has 5 rings (SSSR count). The standard InChI is InChI=1S/C20H25NO4/c1-12-9-16(22)21-15-10-13(23-4)5-6-14(15)18(2)11-20(24-7-8-25-20)17(12)19(18,21)3/h5-6,10,12,17H,7-9,11H2,1-4H3/t12-,17+,18+,19-/m0/s1. The molecule has 5 nitrogen and oxygen atoms in total. The van der Waals surface area contributed by atoms with E-state index >= 15 is 0 Å². The highest BCUT2D eigenvalue weighted by atomic mass is 16.7. The number of anilines is 1. The molecule has 0 radical (unpaired) electrons. The predicted molar refractivity (Wildman–Crippen MR) is 92.8 cm³/mol. The Morgan fingerprint density at radius 2 is 1.96 bits per heavy atom. The molecule has 0 bridgehead atoms. The van der Waals surface area contributed by atoms with Crippen LogP contribution in [0.4, 0.5) is 5.69 Å². The molecular weight excluding hydrogens is 318 g/mol. The van der Waals surface area contributed by atoms with E-state index in [0.717, 1.165) is 17.9 Å². The van der Waals surface area contributed by atoms with Crippen molar-refractivity contribution in [3.8, 4) is 5.75 Å². The van der Waals surface area contributed by atoms with E-state index in [9.17, 15) is 4.79 Å². The number of amides is 1. The fourth-order valence-electron chi connectivity index (χ4n) is 6.46. The molecule has 3 heterocycles. The van der Waals surface area contributed by atoms with E-state index in [1.54, 1.807) is 7.11 Å². The molecule has 134 valence electrons. The predicted octanol–water partition coefficient (Wildman–Crippen LogP) is 2.86. The number of carbonyl (C=O) groups excluding carboxylic acids is 1. The van der Waals surface area contributed by atoms with Crippen LogP contribution in [-0.4, -0.2) is 37.6 Å². The monoisotopic (exact) mass is 343 g/mol. The first-order chi connectivity index (χ1) is 11.9. The Hall–Kier alpha value is -1.59. The summed E-state index contributed by atoms with van der Waals surface area (Å²) < 4.78 is 17.9. The molecule has 4 aliphatic rings. The fourth-order valence-corrected chi connectivity index (χ4v) is 6.46. The third-order valence-corrected chi connectivity index (χ3v) is 7.39. The molecule has 1 amide bonds. The number of fused-ring (bicyclic) bond motifs is 4. The molecule has 0 N–H and O–H groups in total. The van der Waals surface area contributed by atoms with E-state index in [4.69, 9.17) is 14.2 Å². The van der Waals surface area contributed by atoms with Gasteiger partial charge in [-0.05, 0) is 24.5 Å². The number of hydrogen-bond acceptors (Lipinski definition) is 4. The highest BCUT2D eigenvalue weighted by Crippen LogP contribution is 2.70. The summed E-state index contributed by atoms with van der Waals surface area (Å²) in [6.07, 6.45) is 1.32. The minimum Gasteiger partial charge on any atom is -0.497 e. The summed E-state index contributed by atoms with van der Waals surface area (Å²) in [6, 6.07) is 6.13. The maximum Gasteiger partial charge on any atom is 0.227 e. The van der Waals surface area contributed by atoms with Gasteiger partial charge in [0, 0.05) is 30.2 Å². The van der Waals surface area contributed by atoms with Crippen LogP contribution in [0.25, 0.3) is 0 Å². The summed E-state index contributed by atoms with van der Waals surface area (Å²) in [5, 5.41) is 0. The molecular formula is C20H25NO4. The van der Waals surface area contributed by atoms with Gasteiger partial charge in [0.2, 0.25) is 5.91 Å². The second-order valence-electron chi connectivity index (χ2n) is 8.44. The lowest BCUT2D eigenvalue weighted by Crippen LogP contribution is -2.64. The third kappa shape index (κ3) is 1.56. The number of benzene rings is 1. The van der Waals surface area contributed by atoms with Crippen LogP contribution >= 0.6 is 0 Å². The van der Waals surface area contributed by atoms with Gasteiger partial charge in [0.25, 0.3) is 0 Å². The molecule has 0 unspecified atom stereocenters. The second-order valence-corrected chi connectivity index (χ2v) is 8.44. The Morgan fingerprint density at radius 3 is 2.64 bits per heavy atom. The molecule has 1 spiro atoms. The van der Waals surface area contributed by atoms with Crippen molar-refractivity contribution in [3.63, 3.8) is 0 Å². The highest BCUT2D eigenvalue weighted by Gasteiger charge is 2.77. The van der Waals surface area contributed by atoms with E-state index < -0.39 is 5.79 Å². The first-order valence-electron chi connectivity index (χ1n) is 9.17. The molecule has 1 saturated carbocycles. The molecule has 3 aliphatic heterocycles. The Bertz CT molecular complexity index is 771. The van der Waals surface area contributed by atoms with Crippen molar-refractivity contribution in [1.29, 1.82) is 0 Å².